The molecule has 0 aromatic heterocycles. The molecule has 174 valence electrons. The number of aliphatic hydroxyl groups is 1. The fourth-order valence-electron chi connectivity index (χ4n) is 4.44. The van der Waals surface area contributed by atoms with E-state index in [0.29, 0.717) is 16.9 Å². The van der Waals surface area contributed by atoms with Crippen molar-refractivity contribution >= 4 is 29.2 Å². The lowest BCUT2D eigenvalue weighted by Gasteiger charge is -2.24. The minimum absolute atomic E-state index is 0.00394. The first-order valence-electron chi connectivity index (χ1n) is 11.4. The molecule has 2 aliphatic rings. The van der Waals surface area contributed by atoms with Crippen molar-refractivity contribution in [3.63, 3.8) is 0 Å². The second-order valence-corrected chi connectivity index (χ2v) is 8.91. The molecule has 8 heteroatoms. The molecule has 0 bridgehead atoms. The van der Waals surface area contributed by atoms with Crippen LogP contribution in [0.1, 0.15) is 42.1 Å². The largest absolute Gasteiger partial charge is 0.391 e. The molecule has 4 amide bonds. The predicted octanol–water partition coefficient (Wildman–Crippen LogP) is 3.23. The Morgan fingerprint density at radius 3 is 2.21 bits per heavy atom. The molecule has 0 radical (unpaired) electrons. The van der Waals surface area contributed by atoms with Crippen LogP contribution in [0.2, 0.25) is 0 Å². The van der Waals surface area contributed by atoms with Crippen LogP contribution in [0.4, 0.5) is 16.2 Å². The first kappa shape index (κ1) is 22.8. The van der Waals surface area contributed by atoms with Gasteiger partial charge in [-0.05, 0) is 63.1 Å². The average molecular weight is 451 g/mol. The van der Waals surface area contributed by atoms with Gasteiger partial charge in [0.25, 0.3) is 5.91 Å². The Morgan fingerprint density at radius 1 is 0.939 bits per heavy atom. The number of nitrogens with one attached hydrogen (secondary N) is 2. The van der Waals surface area contributed by atoms with E-state index in [1.54, 1.807) is 36.4 Å². The highest BCUT2D eigenvalue weighted by atomic mass is 16.3. The van der Waals surface area contributed by atoms with Gasteiger partial charge < -0.3 is 25.5 Å². The molecule has 4 rings (SSSR count). The normalized spacial score (nSPS) is 22.3. The second kappa shape index (κ2) is 9.62. The van der Waals surface area contributed by atoms with E-state index in [0.717, 1.165) is 24.9 Å². The van der Waals surface area contributed by atoms with Crippen LogP contribution in [0.25, 0.3) is 0 Å². The number of aryl methyl sites for hydroxylation is 1. The van der Waals surface area contributed by atoms with Crippen LogP contribution in [0.3, 0.4) is 0 Å². The van der Waals surface area contributed by atoms with E-state index in [1.165, 1.54) is 4.90 Å². The maximum Gasteiger partial charge on any atom is 0.322 e. The number of rotatable bonds is 4. The summed E-state index contributed by atoms with van der Waals surface area (Å²) in [5, 5.41) is 15.7. The van der Waals surface area contributed by atoms with Crippen molar-refractivity contribution < 1.29 is 19.5 Å². The molecular formula is C25H30N4O4. The maximum absolute atomic E-state index is 12.9. The third-order valence-corrected chi connectivity index (χ3v) is 6.36. The highest BCUT2D eigenvalue weighted by molar-refractivity contribution is 6.00. The van der Waals surface area contributed by atoms with Crippen molar-refractivity contribution in [1.82, 2.24) is 9.80 Å². The fourth-order valence-corrected chi connectivity index (χ4v) is 4.44. The van der Waals surface area contributed by atoms with Gasteiger partial charge in [0, 0.05) is 42.5 Å². The summed E-state index contributed by atoms with van der Waals surface area (Å²) in [5.41, 5.74) is 2.81. The summed E-state index contributed by atoms with van der Waals surface area (Å²) < 4.78 is 0. The molecule has 2 heterocycles. The number of carbonyl (C=O) groups is 3. The van der Waals surface area contributed by atoms with Crippen molar-refractivity contribution in [3.8, 4) is 0 Å². The molecular weight excluding hydrogens is 420 g/mol. The number of aliphatic hydroxyl groups excluding tert-OH is 1. The van der Waals surface area contributed by atoms with Crippen molar-refractivity contribution in [2.24, 2.45) is 0 Å². The van der Waals surface area contributed by atoms with Gasteiger partial charge in [-0.1, -0.05) is 17.7 Å². The van der Waals surface area contributed by atoms with Gasteiger partial charge in [-0.3, -0.25) is 9.59 Å². The number of likely N-dealkylation sites (tertiary alicyclic amines) is 2. The number of carbonyl (C=O) groups excluding carboxylic acids is 3. The van der Waals surface area contributed by atoms with E-state index in [1.807, 2.05) is 24.0 Å². The third kappa shape index (κ3) is 5.17. The lowest BCUT2D eigenvalue weighted by Crippen LogP contribution is -2.45. The van der Waals surface area contributed by atoms with Gasteiger partial charge in [-0.25, -0.2) is 4.79 Å². The Bertz CT molecular complexity index is 1020. The number of urea groups is 1. The standard InChI is InChI=1S/C25H30N4O4/c1-16-5-9-20(10-6-16)27-25(33)29-15-21(30)14-22(29)23(31)26-19-11-7-18(8-12-19)24(32)28-13-3-4-17(28)2/h5-12,17,21-22,30H,3-4,13-15H2,1-2H3,(H,26,31)(H,27,33)/t17?,21-,22-/m1/s1. The number of amides is 4. The Morgan fingerprint density at radius 2 is 1.58 bits per heavy atom. The van der Waals surface area contributed by atoms with Crippen LogP contribution in [0, 0.1) is 6.92 Å². The number of β-amino-alcohol motifs (C(OH)–C–C–N with tert-alkyl or cyclic N) is 1. The summed E-state index contributed by atoms with van der Waals surface area (Å²) in [5.74, 6) is -0.381. The zero-order valence-corrected chi connectivity index (χ0v) is 19.0. The van der Waals surface area contributed by atoms with Gasteiger partial charge in [0.15, 0.2) is 0 Å². The minimum Gasteiger partial charge on any atom is -0.391 e. The van der Waals surface area contributed by atoms with Gasteiger partial charge in [0.2, 0.25) is 5.91 Å². The molecule has 1 unspecified atom stereocenters. The van der Waals surface area contributed by atoms with Crippen molar-refractivity contribution in [1.29, 1.82) is 0 Å². The van der Waals surface area contributed by atoms with Crippen LogP contribution in [-0.4, -0.2) is 64.0 Å². The maximum atomic E-state index is 12.9. The number of hydrogen-bond acceptors (Lipinski definition) is 4. The van der Waals surface area contributed by atoms with Gasteiger partial charge in [0.05, 0.1) is 6.10 Å². The summed E-state index contributed by atoms with van der Waals surface area (Å²) in [7, 11) is 0. The lowest BCUT2D eigenvalue weighted by molar-refractivity contribution is -0.119. The summed E-state index contributed by atoms with van der Waals surface area (Å²) in [6.45, 7) is 4.86. The molecule has 2 aliphatic heterocycles. The Balaban J connectivity index is 1.39. The zero-order valence-electron chi connectivity index (χ0n) is 19.0. The van der Waals surface area contributed by atoms with Crippen LogP contribution >= 0.6 is 0 Å². The van der Waals surface area contributed by atoms with Crippen molar-refractivity contribution in [2.45, 2.75) is 51.3 Å². The molecule has 2 aromatic rings. The van der Waals surface area contributed by atoms with Gasteiger partial charge >= 0.3 is 6.03 Å². The number of nitrogens with zero attached hydrogens (tertiary/aromatic N) is 2. The summed E-state index contributed by atoms with van der Waals surface area (Å²) in [6, 6.07) is 13.1. The van der Waals surface area contributed by atoms with E-state index in [-0.39, 0.29) is 30.8 Å². The zero-order chi connectivity index (χ0) is 23.5. The summed E-state index contributed by atoms with van der Waals surface area (Å²) in [4.78, 5) is 41.6. The molecule has 3 atom stereocenters. The van der Waals surface area contributed by atoms with Gasteiger partial charge in [0.1, 0.15) is 6.04 Å². The number of hydrogen-bond donors (Lipinski definition) is 3. The first-order chi connectivity index (χ1) is 15.8. The molecule has 8 nitrogen and oxygen atoms in total. The Hall–Kier alpha value is -3.39. The molecule has 2 saturated heterocycles. The van der Waals surface area contributed by atoms with Gasteiger partial charge in [-0.15, -0.1) is 0 Å². The van der Waals surface area contributed by atoms with Gasteiger partial charge in [-0.2, -0.15) is 0 Å². The molecule has 2 aromatic carbocycles. The van der Waals surface area contributed by atoms with Crippen LogP contribution in [0.15, 0.2) is 48.5 Å². The minimum atomic E-state index is -0.794. The molecule has 0 spiro atoms. The molecule has 0 aliphatic carbocycles. The topological polar surface area (TPSA) is 102 Å². The summed E-state index contributed by atoms with van der Waals surface area (Å²) >= 11 is 0. The molecule has 33 heavy (non-hydrogen) atoms. The SMILES string of the molecule is Cc1ccc(NC(=O)N2C[C@H](O)C[C@@H]2C(=O)Nc2ccc(C(=O)N3CCCC3C)cc2)cc1. The average Bonchev–Trinajstić information content (AvgIpc) is 3.41. The first-order valence-corrected chi connectivity index (χ1v) is 11.4. The molecule has 0 saturated carbocycles. The number of benzene rings is 2. The molecule has 3 N–H and O–H groups in total. The van der Waals surface area contributed by atoms with Crippen molar-refractivity contribution in [3.05, 3.63) is 59.7 Å². The molecule has 2 fully saturated rings. The van der Waals surface area contributed by atoms with E-state index >= 15 is 0 Å². The quantitative estimate of drug-likeness (QED) is 0.666. The van der Waals surface area contributed by atoms with E-state index in [9.17, 15) is 19.5 Å². The van der Waals surface area contributed by atoms with E-state index in [4.69, 9.17) is 0 Å². The lowest BCUT2D eigenvalue weighted by atomic mass is 10.1. The van der Waals surface area contributed by atoms with Crippen LogP contribution < -0.4 is 10.6 Å². The number of anilines is 2. The monoisotopic (exact) mass is 450 g/mol. The summed E-state index contributed by atoms with van der Waals surface area (Å²) in [6.07, 6.45) is 1.42. The Labute approximate surface area is 193 Å². The van der Waals surface area contributed by atoms with Crippen LogP contribution in [-0.2, 0) is 4.79 Å². The Kier molecular flexibility index (Phi) is 6.65. The fraction of sp³-hybridized carbons (Fsp3) is 0.400. The van der Waals surface area contributed by atoms with Crippen molar-refractivity contribution in [2.75, 3.05) is 23.7 Å². The van der Waals surface area contributed by atoms with E-state index in [2.05, 4.69) is 17.6 Å². The second-order valence-electron chi connectivity index (χ2n) is 8.91. The predicted molar refractivity (Wildman–Crippen MR) is 126 cm³/mol. The highest BCUT2D eigenvalue weighted by Gasteiger charge is 2.39. The third-order valence-electron chi connectivity index (χ3n) is 6.36. The van der Waals surface area contributed by atoms with E-state index < -0.39 is 18.2 Å². The highest BCUT2D eigenvalue weighted by Crippen LogP contribution is 2.23. The van der Waals surface area contributed by atoms with Crippen LogP contribution in [0.5, 0.6) is 0 Å². The smallest absolute Gasteiger partial charge is 0.322 e.